The molecule has 0 N–H and O–H groups in total. The zero-order chi connectivity index (χ0) is 20.4. The molecule has 0 saturated carbocycles. The smallest absolute Gasteiger partial charge is 0.293 e. The molecule has 0 aromatic heterocycles. The summed E-state index contributed by atoms with van der Waals surface area (Å²) in [4.78, 5) is 24.1. The zero-order valence-electron chi connectivity index (χ0n) is 15.7. The molecule has 0 atom stereocenters. The first-order valence-corrected chi connectivity index (χ1v) is 8.65. The molecule has 28 heavy (non-hydrogen) atoms. The van der Waals surface area contributed by atoms with E-state index >= 15 is 0 Å². The Morgan fingerprint density at radius 1 is 0.643 bits per heavy atom. The van der Waals surface area contributed by atoms with Crippen LogP contribution in [0.2, 0.25) is 0 Å². The maximum Gasteiger partial charge on any atom is 0.293 e. The van der Waals surface area contributed by atoms with Crippen LogP contribution >= 0.6 is 0 Å². The van der Waals surface area contributed by atoms with E-state index in [2.05, 4.69) is 0 Å². The van der Waals surface area contributed by atoms with Crippen LogP contribution in [0.4, 0.5) is 28.4 Å². The second-order valence-electron chi connectivity index (χ2n) is 6.67. The Morgan fingerprint density at radius 2 is 1.04 bits per heavy atom. The Morgan fingerprint density at radius 3 is 1.43 bits per heavy atom. The zero-order valence-corrected chi connectivity index (χ0v) is 15.7. The van der Waals surface area contributed by atoms with Crippen molar-refractivity contribution in [2.45, 2.75) is 20.8 Å². The number of anilines is 3. The number of rotatable bonds is 5. The Kier molecular flexibility index (Phi) is 5.08. The van der Waals surface area contributed by atoms with E-state index < -0.39 is 9.85 Å². The van der Waals surface area contributed by atoms with Crippen molar-refractivity contribution in [1.82, 2.24) is 0 Å². The van der Waals surface area contributed by atoms with Gasteiger partial charge in [0.15, 0.2) is 0 Å². The quantitative estimate of drug-likeness (QED) is 0.408. The fraction of sp³-hybridized carbons (Fsp3) is 0.143. The monoisotopic (exact) mass is 377 g/mol. The van der Waals surface area contributed by atoms with E-state index in [9.17, 15) is 20.2 Å². The number of hydrogen-bond donors (Lipinski definition) is 0. The van der Waals surface area contributed by atoms with Gasteiger partial charge in [-0.1, -0.05) is 29.8 Å². The van der Waals surface area contributed by atoms with E-state index in [1.54, 1.807) is 55.1 Å². The number of nitrogens with zero attached hydrogens (tertiary/aromatic N) is 3. The predicted molar refractivity (Wildman–Crippen MR) is 109 cm³/mol. The van der Waals surface area contributed by atoms with Crippen LogP contribution in [0.1, 0.15) is 16.7 Å². The van der Waals surface area contributed by atoms with Crippen molar-refractivity contribution in [1.29, 1.82) is 0 Å². The molecule has 0 aliphatic carbocycles. The molecule has 0 radical (unpaired) electrons. The largest absolute Gasteiger partial charge is 0.298 e. The first kappa shape index (κ1) is 19.0. The lowest BCUT2D eigenvalue weighted by Crippen LogP contribution is -2.14. The lowest BCUT2D eigenvalue weighted by molar-refractivity contribution is -0.384. The summed E-state index contributed by atoms with van der Waals surface area (Å²) < 4.78 is 0. The van der Waals surface area contributed by atoms with Crippen molar-refractivity contribution in [3.05, 3.63) is 97.6 Å². The highest BCUT2D eigenvalue weighted by Gasteiger charge is 2.27. The van der Waals surface area contributed by atoms with Gasteiger partial charge in [0.25, 0.3) is 11.4 Å². The van der Waals surface area contributed by atoms with Crippen LogP contribution in [0.25, 0.3) is 0 Å². The topological polar surface area (TPSA) is 89.5 Å². The van der Waals surface area contributed by atoms with Gasteiger partial charge in [-0.05, 0) is 56.2 Å². The molecule has 142 valence electrons. The Labute approximate surface area is 162 Å². The van der Waals surface area contributed by atoms with Crippen molar-refractivity contribution in [3.8, 4) is 0 Å². The number of nitro groups is 2. The molecular formula is C21H19N3O4. The highest BCUT2D eigenvalue weighted by atomic mass is 16.6. The third-order valence-electron chi connectivity index (χ3n) is 4.43. The average molecular weight is 377 g/mol. The van der Waals surface area contributed by atoms with Crippen LogP contribution in [0.5, 0.6) is 0 Å². The summed E-state index contributed by atoms with van der Waals surface area (Å²) in [5.41, 5.74) is 3.39. The van der Waals surface area contributed by atoms with E-state index in [1.807, 2.05) is 19.1 Å². The van der Waals surface area contributed by atoms with E-state index in [-0.39, 0.29) is 22.7 Å². The fourth-order valence-corrected chi connectivity index (χ4v) is 3.04. The van der Waals surface area contributed by atoms with Gasteiger partial charge in [-0.3, -0.25) is 25.1 Å². The van der Waals surface area contributed by atoms with Gasteiger partial charge >= 0.3 is 0 Å². The van der Waals surface area contributed by atoms with Gasteiger partial charge in [-0.15, -0.1) is 0 Å². The van der Waals surface area contributed by atoms with Gasteiger partial charge in [0.2, 0.25) is 0 Å². The Bertz CT molecular complexity index is 998. The van der Waals surface area contributed by atoms with Gasteiger partial charge in [-0.2, -0.15) is 0 Å². The van der Waals surface area contributed by atoms with Crippen LogP contribution in [-0.4, -0.2) is 9.85 Å². The van der Waals surface area contributed by atoms with E-state index in [1.165, 1.54) is 12.1 Å². The lowest BCUT2D eigenvalue weighted by Gasteiger charge is -2.25. The molecule has 0 aliphatic rings. The molecule has 0 spiro atoms. The third kappa shape index (κ3) is 3.68. The molecule has 0 fully saturated rings. The predicted octanol–water partition coefficient (Wildman–Crippen LogP) is 5.90. The van der Waals surface area contributed by atoms with Gasteiger partial charge < -0.3 is 0 Å². The van der Waals surface area contributed by atoms with Crippen LogP contribution in [0.3, 0.4) is 0 Å². The number of nitro benzene ring substituents is 2. The van der Waals surface area contributed by atoms with Crippen LogP contribution in [0.15, 0.2) is 60.7 Å². The number of hydrogen-bond acceptors (Lipinski definition) is 5. The Balaban J connectivity index is 2.34. The standard InChI is InChI=1S/C21H19N3O4/c1-14-4-8-17(9-5-14)22(18-10-6-15(2)12-20(18)23(25)26)19-11-7-16(3)13-21(19)24(27)28/h4-13H,1-3H3. The summed E-state index contributed by atoms with van der Waals surface area (Å²) in [5.74, 6) is 0. The van der Waals surface area contributed by atoms with Gasteiger partial charge in [0, 0.05) is 17.8 Å². The van der Waals surface area contributed by atoms with Gasteiger partial charge in [0.1, 0.15) is 11.4 Å². The molecule has 3 aromatic carbocycles. The molecule has 0 amide bonds. The summed E-state index contributed by atoms with van der Waals surface area (Å²) in [6.45, 7) is 5.46. The molecule has 7 heteroatoms. The van der Waals surface area contributed by atoms with Crippen LogP contribution < -0.4 is 4.90 Å². The first-order chi connectivity index (χ1) is 13.3. The van der Waals surface area contributed by atoms with Crippen LogP contribution in [0, 0.1) is 41.0 Å². The maximum absolute atomic E-state index is 11.7. The molecular weight excluding hydrogens is 358 g/mol. The minimum Gasteiger partial charge on any atom is -0.298 e. The summed E-state index contributed by atoms with van der Waals surface area (Å²) in [5, 5.41) is 23.4. The van der Waals surface area contributed by atoms with Crippen molar-refractivity contribution in [2.24, 2.45) is 0 Å². The highest BCUT2D eigenvalue weighted by molar-refractivity contribution is 5.86. The normalized spacial score (nSPS) is 10.5. The van der Waals surface area contributed by atoms with Crippen LogP contribution in [-0.2, 0) is 0 Å². The first-order valence-electron chi connectivity index (χ1n) is 8.65. The summed E-state index contributed by atoms with van der Waals surface area (Å²) in [7, 11) is 0. The van der Waals surface area contributed by atoms with Crippen molar-refractivity contribution < 1.29 is 9.85 Å². The fourth-order valence-electron chi connectivity index (χ4n) is 3.04. The molecule has 0 unspecified atom stereocenters. The molecule has 3 rings (SSSR count). The lowest BCUT2D eigenvalue weighted by atomic mass is 10.1. The highest BCUT2D eigenvalue weighted by Crippen LogP contribution is 2.44. The molecule has 0 aliphatic heterocycles. The average Bonchev–Trinajstić information content (AvgIpc) is 2.65. The minimum atomic E-state index is -0.469. The number of benzene rings is 3. The van der Waals surface area contributed by atoms with Crippen molar-refractivity contribution in [3.63, 3.8) is 0 Å². The molecule has 0 saturated heterocycles. The molecule has 3 aromatic rings. The van der Waals surface area contributed by atoms with E-state index in [4.69, 9.17) is 0 Å². The van der Waals surface area contributed by atoms with E-state index in [0.29, 0.717) is 5.69 Å². The Hall–Kier alpha value is -3.74. The SMILES string of the molecule is Cc1ccc(N(c2ccc(C)cc2[N+](=O)[O-])c2ccc(C)cc2[N+](=O)[O-])cc1. The molecule has 7 nitrogen and oxygen atoms in total. The number of aryl methyl sites for hydroxylation is 3. The minimum absolute atomic E-state index is 0.115. The molecule has 0 heterocycles. The summed E-state index contributed by atoms with van der Waals surface area (Å²) in [6, 6.07) is 17.0. The van der Waals surface area contributed by atoms with Gasteiger partial charge in [0.05, 0.1) is 9.85 Å². The maximum atomic E-state index is 11.7. The molecule has 0 bridgehead atoms. The summed E-state index contributed by atoms with van der Waals surface area (Å²) in [6.07, 6.45) is 0. The second kappa shape index (κ2) is 7.48. The third-order valence-corrected chi connectivity index (χ3v) is 4.43. The van der Waals surface area contributed by atoms with Crippen molar-refractivity contribution in [2.75, 3.05) is 4.90 Å². The summed E-state index contributed by atoms with van der Waals surface area (Å²) >= 11 is 0. The second-order valence-corrected chi connectivity index (χ2v) is 6.67. The van der Waals surface area contributed by atoms with Crippen molar-refractivity contribution >= 4 is 28.4 Å². The van der Waals surface area contributed by atoms with E-state index in [0.717, 1.165) is 16.7 Å². The van der Waals surface area contributed by atoms with Gasteiger partial charge in [-0.25, -0.2) is 0 Å².